The van der Waals surface area contributed by atoms with E-state index in [0.717, 1.165) is 43.6 Å². The van der Waals surface area contributed by atoms with Crippen LogP contribution in [-0.2, 0) is 11.2 Å². The number of rotatable bonds is 6. The van der Waals surface area contributed by atoms with Gasteiger partial charge >= 0.3 is 0 Å². The molecule has 17 heavy (non-hydrogen) atoms. The van der Waals surface area contributed by atoms with Crippen LogP contribution >= 0.6 is 0 Å². The lowest BCUT2D eigenvalue weighted by molar-refractivity contribution is 0.125. The zero-order valence-corrected chi connectivity index (χ0v) is 10.0. The predicted octanol–water partition coefficient (Wildman–Crippen LogP) is 1.46. The minimum Gasteiger partial charge on any atom is -0.381 e. The number of hydrogen-bond acceptors (Lipinski definition) is 5. The van der Waals surface area contributed by atoms with E-state index < -0.39 is 0 Å². The summed E-state index contributed by atoms with van der Waals surface area (Å²) < 4.78 is 10.8. The summed E-state index contributed by atoms with van der Waals surface area (Å²) >= 11 is 0. The zero-order chi connectivity index (χ0) is 11.5. The second-order valence-corrected chi connectivity index (χ2v) is 4.97. The maximum absolute atomic E-state index is 5.56. The minimum atomic E-state index is 0.267. The molecule has 0 amide bonds. The molecule has 0 aromatic carbocycles. The topological polar surface area (TPSA) is 60.2 Å². The van der Waals surface area contributed by atoms with Crippen LogP contribution in [0.15, 0.2) is 4.52 Å². The summed E-state index contributed by atoms with van der Waals surface area (Å²) in [7, 11) is 0. The van der Waals surface area contributed by atoms with E-state index in [2.05, 4.69) is 15.5 Å². The Morgan fingerprint density at radius 2 is 2.29 bits per heavy atom. The number of ether oxygens (including phenoxy) is 1. The molecule has 5 nitrogen and oxygen atoms in total. The zero-order valence-electron chi connectivity index (χ0n) is 10.0. The molecule has 2 aliphatic rings. The van der Waals surface area contributed by atoms with Gasteiger partial charge < -0.3 is 14.6 Å². The molecule has 0 bridgehead atoms. The summed E-state index contributed by atoms with van der Waals surface area (Å²) in [6.45, 7) is 2.65. The first-order valence-corrected chi connectivity index (χ1v) is 6.55. The average molecular weight is 237 g/mol. The van der Waals surface area contributed by atoms with Gasteiger partial charge in [0.05, 0.1) is 12.6 Å². The van der Waals surface area contributed by atoms with E-state index in [1.54, 1.807) is 0 Å². The summed E-state index contributed by atoms with van der Waals surface area (Å²) in [5.41, 5.74) is 0. The summed E-state index contributed by atoms with van der Waals surface area (Å²) in [5, 5.41) is 7.34. The number of nitrogens with zero attached hydrogens (tertiary/aromatic N) is 2. The van der Waals surface area contributed by atoms with E-state index in [1.165, 1.54) is 19.3 Å². The lowest BCUT2D eigenvalue weighted by Crippen LogP contribution is -2.13. The van der Waals surface area contributed by atoms with Crippen LogP contribution in [0.2, 0.25) is 0 Å². The number of hydrogen-bond donors (Lipinski definition) is 1. The maximum Gasteiger partial charge on any atom is 0.243 e. The molecule has 2 fully saturated rings. The van der Waals surface area contributed by atoms with Gasteiger partial charge in [-0.05, 0) is 38.1 Å². The summed E-state index contributed by atoms with van der Waals surface area (Å²) in [6.07, 6.45) is 5.70. The van der Waals surface area contributed by atoms with Crippen molar-refractivity contribution in [3.05, 3.63) is 11.7 Å². The third kappa shape index (κ3) is 3.04. The second-order valence-electron chi connectivity index (χ2n) is 4.97. The van der Waals surface area contributed by atoms with Crippen molar-refractivity contribution in [1.82, 2.24) is 15.5 Å². The highest BCUT2D eigenvalue weighted by Gasteiger charge is 2.23. The number of aromatic nitrogens is 2. The second kappa shape index (κ2) is 5.14. The SMILES string of the molecule is C1CN[C@H](c2nc(CCOCC3CC3)no2)C1. The third-order valence-electron chi connectivity index (χ3n) is 3.36. The van der Waals surface area contributed by atoms with Gasteiger partial charge in [-0.3, -0.25) is 0 Å². The van der Waals surface area contributed by atoms with Crippen LogP contribution in [0.3, 0.4) is 0 Å². The van der Waals surface area contributed by atoms with Crippen molar-refractivity contribution in [1.29, 1.82) is 0 Å². The predicted molar refractivity (Wildman–Crippen MR) is 61.5 cm³/mol. The fraction of sp³-hybridized carbons (Fsp3) is 0.833. The Morgan fingerprint density at radius 1 is 1.35 bits per heavy atom. The highest BCUT2D eigenvalue weighted by Crippen LogP contribution is 2.28. The maximum atomic E-state index is 5.56. The summed E-state index contributed by atoms with van der Waals surface area (Å²) in [6, 6.07) is 0.267. The van der Waals surface area contributed by atoms with E-state index in [-0.39, 0.29) is 6.04 Å². The Hall–Kier alpha value is -0.940. The molecular weight excluding hydrogens is 218 g/mol. The Morgan fingerprint density at radius 3 is 3.06 bits per heavy atom. The highest BCUT2D eigenvalue weighted by atomic mass is 16.5. The normalized spacial score (nSPS) is 24.4. The van der Waals surface area contributed by atoms with Crippen molar-refractivity contribution in [2.24, 2.45) is 5.92 Å². The van der Waals surface area contributed by atoms with Crippen molar-refractivity contribution in [2.75, 3.05) is 19.8 Å². The number of nitrogens with one attached hydrogen (secondary N) is 1. The van der Waals surface area contributed by atoms with E-state index >= 15 is 0 Å². The van der Waals surface area contributed by atoms with E-state index in [0.29, 0.717) is 6.61 Å². The first-order chi connectivity index (χ1) is 8.42. The van der Waals surface area contributed by atoms with Gasteiger partial charge in [0.2, 0.25) is 5.89 Å². The van der Waals surface area contributed by atoms with Crippen LogP contribution in [0.5, 0.6) is 0 Å². The standard InChI is InChI=1S/C12H19N3O2/c1-2-10(13-6-1)12-14-11(15-17-12)5-7-16-8-9-3-4-9/h9-10,13H,1-8H2/t10-/m0/s1. The van der Waals surface area contributed by atoms with Gasteiger partial charge in [-0.1, -0.05) is 5.16 Å². The molecule has 1 N–H and O–H groups in total. The monoisotopic (exact) mass is 237 g/mol. The molecule has 1 aromatic rings. The van der Waals surface area contributed by atoms with E-state index in [9.17, 15) is 0 Å². The van der Waals surface area contributed by atoms with Crippen LogP contribution in [0.25, 0.3) is 0 Å². The molecule has 0 spiro atoms. The van der Waals surface area contributed by atoms with Crippen molar-refractivity contribution in [3.63, 3.8) is 0 Å². The first kappa shape index (κ1) is 11.2. The van der Waals surface area contributed by atoms with Crippen LogP contribution in [0.4, 0.5) is 0 Å². The van der Waals surface area contributed by atoms with Gasteiger partial charge in [-0.15, -0.1) is 0 Å². The molecule has 1 saturated heterocycles. The van der Waals surface area contributed by atoms with Crippen molar-refractivity contribution in [3.8, 4) is 0 Å². The molecule has 0 unspecified atom stereocenters. The minimum absolute atomic E-state index is 0.267. The molecular formula is C12H19N3O2. The lowest BCUT2D eigenvalue weighted by Gasteiger charge is -2.01. The van der Waals surface area contributed by atoms with Crippen LogP contribution in [0, 0.1) is 5.92 Å². The Labute approximate surface area is 101 Å². The van der Waals surface area contributed by atoms with Gasteiger partial charge in [-0.25, -0.2) is 0 Å². The van der Waals surface area contributed by atoms with Gasteiger partial charge in [0.15, 0.2) is 5.82 Å². The van der Waals surface area contributed by atoms with Gasteiger partial charge in [0, 0.05) is 13.0 Å². The van der Waals surface area contributed by atoms with Gasteiger partial charge in [-0.2, -0.15) is 4.98 Å². The average Bonchev–Trinajstić information content (AvgIpc) is 2.84. The Bertz CT molecular complexity index is 356. The highest BCUT2D eigenvalue weighted by molar-refractivity contribution is 4.95. The molecule has 5 heteroatoms. The first-order valence-electron chi connectivity index (χ1n) is 6.55. The molecule has 1 aliphatic heterocycles. The van der Waals surface area contributed by atoms with Crippen LogP contribution in [-0.4, -0.2) is 29.9 Å². The summed E-state index contributed by atoms with van der Waals surface area (Å²) in [4.78, 5) is 4.40. The lowest BCUT2D eigenvalue weighted by atomic mass is 10.2. The molecule has 0 radical (unpaired) electrons. The quantitative estimate of drug-likeness (QED) is 0.759. The molecule has 94 valence electrons. The molecule has 1 aliphatic carbocycles. The Kier molecular flexibility index (Phi) is 3.38. The molecule has 1 atom stereocenters. The van der Waals surface area contributed by atoms with Gasteiger partial charge in [0.1, 0.15) is 0 Å². The van der Waals surface area contributed by atoms with Crippen molar-refractivity contribution < 1.29 is 9.26 Å². The molecule has 2 heterocycles. The third-order valence-corrected chi connectivity index (χ3v) is 3.36. The largest absolute Gasteiger partial charge is 0.381 e. The van der Waals surface area contributed by atoms with Crippen molar-refractivity contribution in [2.45, 2.75) is 38.1 Å². The molecule has 3 rings (SSSR count). The van der Waals surface area contributed by atoms with Crippen LogP contribution in [0.1, 0.15) is 43.4 Å². The summed E-state index contributed by atoms with van der Waals surface area (Å²) in [5.74, 6) is 2.32. The van der Waals surface area contributed by atoms with Crippen molar-refractivity contribution >= 4 is 0 Å². The Balaban J connectivity index is 1.42. The fourth-order valence-electron chi connectivity index (χ4n) is 2.10. The van der Waals surface area contributed by atoms with E-state index in [1.807, 2.05) is 0 Å². The van der Waals surface area contributed by atoms with Gasteiger partial charge in [0.25, 0.3) is 0 Å². The van der Waals surface area contributed by atoms with E-state index in [4.69, 9.17) is 9.26 Å². The molecule has 1 aromatic heterocycles. The fourth-order valence-corrected chi connectivity index (χ4v) is 2.10. The smallest absolute Gasteiger partial charge is 0.243 e. The molecule has 1 saturated carbocycles. The van der Waals surface area contributed by atoms with Crippen LogP contribution < -0.4 is 5.32 Å².